The van der Waals surface area contributed by atoms with Gasteiger partial charge in [0.2, 0.25) is 10.0 Å². The van der Waals surface area contributed by atoms with Crippen molar-refractivity contribution in [1.82, 2.24) is 9.21 Å². The summed E-state index contributed by atoms with van der Waals surface area (Å²) < 4.78 is 39.4. The van der Waals surface area contributed by atoms with E-state index >= 15 is 0 Å². The normalized spacial score (nSPS) is 18.6. The van der Waals surface area contributed by atoms with Crippen molar-refractivity contribution >= 4 is 10.0 Å². The van der Waals surface area contributed by atoms with Crippen molar-refractivity contribution in [3.05, 3.63) is 30.1 Å². The molecule has 0 aromatic heterocycles. The predicted molar refractivity (Wildman–Crippen MR) is 77.9 cm³/mol. The number of sulfonamides is 1. The third-order valence-corrected chi connectivity index (χ3v) is 5.54. The van der Waals surface area contributed by atoms with Crippen molar-refractivity contribution in [2.45, 2.75) is 17.7 Å². The molecule has 7 heteroatoms. The molecule has 0 amide bonds. The number of rotatable bonds is 5. The Hall–Kier alpha value is -1.02. The fourth-order valence-corrected chi connectivity index (χ4v) is 3.93. The zero-order chi connectivity index (χ0) is 15.3. The smallest absolute Gasteiger partial charge is 0.243 e. The lowest BCUT2D eigenvalue weighted by atomic mass is 10.3. The number of benzene rings is 1. The molecule has 1 aliphatic rings. The van der Waals surface area contributed by atoms with Gasteiger partial charge < -0.3 is 10.0 Å². The molecule has 1 saturated heterocycles. The summed E-state index contributed by atoms with van der Waals surface area (Å²) >= 11 is 0. The first kappa shape index (κ1) is 16.4. The molecule has 0 unspecified atom stereocenters. The van der Waals surface area contributed by atoms with Crippen LogP contribution >= 0.6 is 0 Å². The van der Waals surface area contributed by atoms with Crippen molar-refractivity contribution < 1.29 is 17.9 Å². The summed E-state index contributed by atoms with van der Waals surface area (Å²) in [6, 6.07) is 4.94. The molecule has 0 atom stereocenters. The number of aliphatic hydroxyl groups excluding tert-OH is 1. The van der Waals surface area contributed by atoms with E-state index in [0.717, 1.165) is 31.6 Å². The summed E-state index contributed by atoms with van der Waals surface area (Å²) in [5.41, 5.74) is 0. The van der Waals surface area contributed by atoms with Crippen LogP contribution in [0, 0.1) is 5.82 Å². The van der Waals surface area contributed by atoms with Crippen LogP contribution in [-0.4, -0.2) is 62.1 Å². The third-order valence-electron chi connectivity index (χ3n) is 3.63. The average molecular weight is 316 g/mol. The Morgan fingerprint density at radius 1 is 1.10 bits per heavy atom. The van der Waals surface area contributed by atoms with E-state index in [-0.39, 0.29) is 11.5 Å². The second-order valence-electron chi connectivity index (χ2n) is 5.13. The van der Waals surface area contributed by atoms with Gasteiger partial charge >= 0.3 is 0 Å². The minimum absolute atomic E-state index is 0.132. The Kier molecular flexibility index (Phi) is 5.69. The van der Waals surface area contributed by atoms with Gasteiger partial charge in [-0.1, -0.05) is 0 Å². The van der Waals surface area contributed by atoms with E-state index in [4.69, 9.17) is 5.11 Å². The summed E-state index contributed by atoms with van der Waals surface area (Å²) in [5.74, 6) is -0.444. The van der Waals surface area contributed by atoms with Gasteiger partial charge in [0.05, 0.1) is 4.90 Å². The second kappa shape index (κ2) is 7.31. The number of hydrogen-bond donors (Lipinski definition) is 1. The van der Waals surface area contributed by atoms with Gasteiger partial charge in [-0.3, -0.25) is 0 Å². The highest BCUT2D eigenvalue weighted by Gasteiger charge is 2.26. The van der Waals surface area contributed by atoms with Crippen LogP contribution in [0.1, 0.15) is 12.8 Å². The van der Waals surface area contributed by atoms with Gasteiger partial charge in [0.1, 0.15) is 5.82 Å². The number of halogens is 1. The van der Waals surface area contributed by atoms with E-state index < -0.39 is 15.8 Å². The SMILES string of the molecule is O=S(=O)(c1ccc(F)cc1)N1CCCN(CCCO)CC1. The van der Waals surface area contributed by atoms with Crippen molar-refractivity contribution in [3.8, 4) is 0 Å². The molecule has 21 heavy (non-hydrogen) atoms. The molecule has 0 bridgehead atoms. The van der Waals surface area contributed by atoms with E-state index in [0.29, 0.717) is 26.1 Å². The van der Waals surface area contributed by atoms with Crippen LogP contribution in [0.15, 0.2) is 29.2 Å². The molecule has 1 fully saturated rings. The number of nitrogens with zero attached hydrogens (tertiary/aromatic N) is 2. The lowest BCUT2D eigenvalue weighted by Gasteiger charge is -2.21. The molecule has 118 valence electrons. The van der Waals surface area contributed by atoms with Crippen LogP contribution in [0.5, 0.6) is 0 Å². The molecular weight excluding hydrogens is 295 g/mol. The lowest BCUT2D eigenvalue weighted by molar-refractivity contribution is 0.230. The molecule has 0 radical (unpaired) electrons. The van der Waals surface area contributed by atoms with E-state index in [1.165, 1.54) is 16.4 Å². The molecule has 5 nitrogen and oxygen atoms in total. The van der Waals surface area contributed by atoms with Crippen molar-refractivity contribution in [2.75, 3.05) is 39.3 Å². The molecule has 1 heterocycles. The minimum atomic E-state index is -3.56. The summed E-state index contributed by atoms with van der Waals surface area (Å²) in [7, 11) is -3.56. The van der Waals surface area contributed by atoms with Crippen LogP contribution in [0.3, 0.4) is 0 Å². The predicted octanol–water partition coefficient (Wildman–Crippen LogP) is 0.905. The van der Waals surface area contributed by atoms with Crippen LogP contribution in [0.4, 0.5) is 4.39 Å². The standard InChI is InChI=1S/C14H21FN2O3S/c15-13-3-5-14(6-4-13)21(19,20)17-9-1-7-16(10-11-17)8-2-12-18/h3-6,18H,1-2,7-12H2. The Morgan fingerprint density at radius 2 is 1.81 bits per heavy atom. The van der Waals surface area contributed by atoms with E-state index in [9.17, 15) is 12.8 Å². The highest BCUT2D eigenvalue weighted by Crippen LogP contribution is 2.18. The Balaban J connectivity index is 2.05. The maximum Gasteiger partial charge on any atom is 0.243 e. The second-order valence-corrected chi connectivity index (χ2v) is 7.07. The first-order valence-corrected chi connectivity index (χ1v) is 8.57. The maximum absolute atomic E-state index is 12.9. The van der Waals surface area contributed by atoms with Gasteiger partial charge in [-0.15, -0.1) is 0 Å². The minimum Gasteiger partial charge on any atom is -0.396 e. The highest BCUT2D eigenvalue weighted by molar-refractivity contribution is 7.89. The molecule has 2 rings (SSSR count). The van der Waals surface area contributed by atoms with Gasteiger partial charge in [-0.05, 0) is 43.7 Å². The third kappa shape index (κ3) is 4.23. The van der Waals surface area contributed by atoms with Crippen molar-refractivity contribution in [1.29, 1.82) is 0 Å². The molecule has 0 spiro atoms. The zero-order valence-electron chi connectivity index (χ0n) is 11.9. The Labute approximate surface area is 125 Å². The van der Waals surface area contributed by atoms with Crippen molar-refractivity contribution in [2.24, 2.45) is 0 Å². The molecule has 1 aromatic carbocycles. The van der Waals surface area contributed by atoms with Crippen LogP contribution in [0.25, 0.3) is 0 Å². The highest BCUT2D eigenvalue weighted by atomic mass is 32.2. The van der Waals surface area contributed by atoms with Crippen LogP contribution in [-0.2, 0) is 10.0 Å². The first-order valence-electron chi connectivity index (χ1n) is 7.13. The molecule has 1 aromatic rings. The average Bonchev–Trinajstić information content (AvgIpc) is 2.71. The Morgan fingerprint density at radius 3 is 2.48 bits per heavy atom. The van der Waals surface area contributed by atoms with Crippen LogP contribution in [0.2, 0.25) is 0 Å². The van der Waals surface area contributed by atoms with Crippen LogP contribution < -0.4 is 0 Å². The van der Waals surface area contributed by atoms with Gasteiger partial charge in [-0.25, -0.2) is 12.8 Å². The first-order chi connectivity index (χ1) is 10.0. The molecule has 1 aliphatic heterocycles. The summed E-state index contributed by atoms with van der Waals surface area (Å²) in [6.45, 7) is 3.30. The largest absolute Gasteiger partial charge is 0.396 e. The molecule has 1 N–H and O–H groups in total. The fourth-order valence-electron chi connectivity index (χ4n) is 2.46. The van der Waals surface area contributed by atoms with E-state index in [1.807, 2.05) is 0 Å². The Bertz CT molecular complexity index is 548. The topological polar surface area (TPSA) is 60.9 Å². The monoisotopic (exact) mass is 316 g/mol. The van der Waals surface area contributed by atoms with Crippen molar-refractivity contribution in [3.63, 3.8) is 0 Å². The van der Waals surface area contributed by atoms with Gasteiger partial charge in [0, 0.05) is 32.8 Å². The van der Waals surface area contributed by atoms with E-state index in [2.05, 4.69) is 4.90 Å². The van der Waals surface area contributed by atoms with Gasteiger partial charge in [0.25, 0.3) is 0 Å². The quantitative estimate of drug-likeness (QED) is 0.877. The lowest BCUT2D eigenvalue weighted by Crippen LogP contribution is -2.35. The summed E-state index contributed by atoms with van der Waals surface area (Å²) in [5, 5.41) is 8.86. The molecule has 0 saturated carbocycles. The summed E-state index contributed by atoms with van der Waals surface area (Å²) in [4.78, 5) is 2.30. The number of aliphatic hydroxyl groups is 1. The van der Waals surface area contributed by atoms with E-state index in [1.54, 1.807) is 0 Å². The van der Waals surface area contributed by atoms with Gasteiger partial charge in [0.15, 0.2) is 0 Å². The molecular formula is C14H21FN2O3S. The zero-order valence-corrected chi connectivity index (χ0v) is 12.7. The summed E-state index contributed by atoms with van der Waals surface area (Å²) in [6.07, 6.45) is 1.45. The fraction of sp³-hybridized carbons (Fsp3) is 0.571. The van der Waals surface area contributed by atoms with Gasteiger partial charge in [-0.2, -0.15) is 4.31 Å². The maximum atomic E-state index is 12.9. The molecule has 0 aliphatic carbocycles. The number of hydrogen-bond acceptors (Lipinski definition) is 4.